The fourth-order valence-corrected chi connectivity index (χ4v) is 4.65. The van der Waals surface area contributed by atoms with Gasteiger partial charge in [0.05, 0.1) is 21.2 Å². The average Bonchev–Trinajstić information content (AvgIpc) is 2.82. The van der Waals surface area contributed by atoms with E-state index in [2.05, 4.69) is 22.7 Å². The van der Waals surface area contributed by atoms with Gasteiger partial charge in [0, 0.05) is 0 Å². The lowest BCUT2D eigenvalue weighted by Gasteiger charge is -2.08. The van der Waals surface area contributed by atoms with Gasteiger partial charge in [-0.3, -0.25) is 0 Å². The number of hydrogen-bond donors (Lipinski definition) is 1. The molecule has 3 aromatic rings. The van der Waals surface area contributed by atoms with Crippen LogP contribution in [0.15, 0.2) is 39.0 Å². The number of benzene rings is 1. The van der Waals surface area contributed by atoms with Gasteiger partial charge in [-0.2, -0.15) is 5.10 Å². The Morgan fingerprint density at radius 2 is 1.78 bits per heavy atom. The van der Waals surface area contributed by atoms with Gasteiger partial charge in [0.1, 0.15) is 10.0 Å². The van der Waals surface area contributed by atoms with Gasteiger partial charge >= 0.3 is 0 Å². The highest BCUT2D eigenvalue weighted by Crippen LogP contribution is 2.32. The van der Waals surface area contributed by atoms with Crippen molar-refractivity contribution in [2.45, 2.75) is 35.5 Å². The Bertz CT molecular complexity index is 1040. The van der Waals surface area contributed by atoms with E-state index >= 15 is 0 Å². The van der Waals surface area contributed by atoms with Crippen LogP contribution in [0.5, 0.6) is 0 Å². The van der Waals surface area contributed by atoms with Crippen LogP contribution in [0.25, 0.3) is 5.65 Å². The fourth-order valence-electron chi connectivity index (χ4n) is 2.48. The molecule has 120 valence electrons. The Balaban J connectivity index is 2.42. The normalized spacial score (nSPS) is 12.0. The molecule has 2 heterocycles. The summed E-state index contributed by atoms with van der Waals surface area (Å²) in [6, 6.07) is 6.82. The zero-order valence-electron chi connectivity index (χ0n) is 12.7. The highest BCUT2D eigenvalue weighted by atomic mass is 35.5. The summed E-state index contributed by atoms with van der Waals surface area (Å²) in [5.74, 6) is 0. The third-order valence-electron chi connectivity index (χ3n) is 3.63. The van der Waals surface area contributed by atoms with Crippen molar-refractivity contribution < 1.29 is 8.42 Å². The minimum atomic E-state index is -3.76. The minimum Gasteiger partial charge on any atom is -0.231 e. The first kappa shape index (κ1) is 16.3. The molecule has 0 atom stereocenters. The van der Waals surface area contributed by atoms with Gasteiger partial charge in [0.15, 0.2) is 5.65 Å². The maximum absolute atomic E-state index is 13.1. The molecule has 0 saturated carbocycles. The second-order valence-electron chi connectivity index (χ2n) is 5.26. The standard InChI is InChI=1S/C15H14ClN3O2S2/c1-8-6-4-5-7-11(8)23(20,21)13-10(3)18-19-14(16)12(22)9(2)17-15(13)19/h4-7,22H,1-3H3. The number of fused-ring (bicyclic) bond motifs is 1. The number of sulfone groups is 1. The molecule has 1 aromatic carbocycles. The van der Waals surface area contributed by atoms with E-state index in [-0.39, 0.29) is 20.6 Å². The summed E-state index contributed by atoms with van der Waals surface area (Å²) in [7, 11) is -3.76. The lowest BCUT2D eigenvalue weighted by atomic mass is 10.2. The first-order chi connectivity index (χ1) is 10.7. The number of nitrogens with zero attached hydrogens (tertiary/aromatic N) is 3. The van der Waals surface area contributed by atoms with Crippen LogP contribution in [-0.4, -0.2) is 23.0 Å². The average molecular weight is 368 g/mol. The van der Waals surface area contributed by atoms with E-state index < -0.39 is 9.84 Å². The molecule has 0 N–H and O–H groups in total. The summed E-state index contributed by atoms with van der Waals surface area (Å²) >= 11 is 10.5. The molecule has 0 bridgehead atoms. The number of thiol groups is 1. The quantitative estimate of drug-likeness (QED) is 0.556. The Hall–Kier alpha value is -1.57. The number of hydrogen-bond acceptors (Lipinski definition) is 5. The lowest BCUT2D eigenvalue weighted by Crippen LogP contribution is -2.06. The SMILES string of the molecule is Cc1ccccc1S(=O)(=O)c1c(C)nn2c(Cl)c(S)c(C)nc12. The molecular weight excluding hydrogens is 354 g/mol. The first-order valence-corrected chi connectivity index (χ1v) is 9.11. The smallest absolute Gasteiger partial charge is 0.212 e. The molecule has 3 rings (SSSR count). The van der Waals surface area contributed by atoms with Crippen molar-refractivity contribution in [3.05, 3.63) is 46.4 Å². The number of rotatable bonds is 2. The van der Waals surface area contributed by atoms with Crippen molar-refractivity contribution in [3.63, 3.8) is 0 Å². The van der Waals surface area contributed by atoms with E-state index in [4.69, 9.17) is 11.6 Å². The molecule has 0 fully saturated rings. The zero-order valence-corrected chi connectivity index (χ0v) is 15.2. The maximum atomic E-state index is 13.1. The maximum Gasteiger partial charge on any atom is 0.212 e. The van der Waals surface area contributed by atoms with Gasteiger partial charge in [-0.1, -0.05) is 29.8 Å². The lowest BCUT2D eigenvalue weighted by molar-refractivity contribution is 0.595. The van der Waals surface area contributed by atoms with Crippen molar-refractivity contribution in [2.75, 3.05) is 0 Å². The molecule has 0 aliphatic carbocycles. The Kier molecular flexibility index (Phi) is 3.90. The molecule has 5 nitrogen and oxygen atoms in total. The van der Waals surface area contributed by atoms with Crippen molar-refractivity contribution in [1.82, 2.24) is 14.6 Å². The predicted molar refractivity (Wildman–Crippen MR) is 91.4 cm³/mol. The van der Waals surface area contributed by atoms with Crippen LogP contribution in [0, 0.1) is 20.8 Å². The molecule has 23 heavy (non-hydrogen) atoms. The summed E-state index contributed by atoms with van der Waals surface area (Å²) in [4.78, 5) is 5.13. The van der Waals surface area contributed by atoms with Crippen LogP contribution in [0.2, 0.25) is 5.15 Å². The fraction of sp³-hybridized carbons (Fsp3) is 0.200. The molecule has 0 aliphatic rings. The van der Waals surface area contributed by atoms with Gasteiger partial charge in [-0.25, -0.2) is 17.9 Å². The van der Waals surface area contributed by atoms with Crippen LogP contribution < -0.4 is 0 Å². The van der Waals surface area contributed by atoms with E-state index in [1.165, 1.54) is 4.52 Å². The van der Waals surface area contributed by atoms with E-state index in [9.17, 15) is 8.42 Å². The predicted octanol–water partition coefficient (Wildman–Crippen LogP) is 3.43. The summed E-state index contributed by atoms with van der Waals surface area (Å²) < 4.78 is 27.5. The Morgan fingerprint density at radius 3 is 2.43 bits per heavy atom. The molecule has 0 unspecified atom stereocenters. The van der Waals surface area contributed by atoms with Crippen LogP contribution in [0.3, 0.4) is 0 Å². The molecule has 8 heteroatoms. The molecular formula is C15H14ClN3O2S2. The third-order valence-corrected chi connectivity index (χ3v) is 6.70. The summed E-state index contributed by atoms with van der Waals surface area (Å²) in [6.07, 6.45) is 0. The highest BCUT2D eigenvalue weighted by molar-refractivity contribution is 7.91. The van der Waals surface area contributed by atoms with E-state index in [0.717, 1.165) is 0 Å². The van der Waals surface area contributed by atoms with Gasteiger partial charge in [0.2, 0.25) is 9.84 Å². The van der Waals surface area contributed by atoms with Crippen molar-refractivity contribution in [1.29, 1.82) is 0 Å². The molecule has 0 amide bonds. The monoisotopic (exact) mass is 367 g/mol. The summed E-state index contributed by atoms with van der Waals surface area (Å²) in [6.45, 7) is 5.11. The van der Waals surface area contributed by atoms with Crippen molar-refractivity contribution in [2.24, 2.45) is 0 Å². The van der Waals surface area contributed by atoms with Gasteiger partial charge < -0.3 is 0 Å². The zero-order chi connectivity index (χ0) is 16.9. The largest absolute Gasteiger partial charge is 0.231 e. The van der Waals surface area contributed by atoms with Crippen molar-refractivity contribution in [3.8, 4) is 0 Å². The topological polar surface area (TPSA) is 64.3 Å². The number of aryl methyl sites for hydroxylation is 3. The van der Waals surface area contributed by atoms with Gasteiger partial charge in [-0.05, 0) is 32.4 Å². The van der Waals surface area contributed by atoms with Gasteiger partial charge in [0.25, 0.3) is 0 Å². The number of aromatic nitrogens is 3. The van der Waals surface area contributed by atoms with E-state index in [1.54, 1.807) is 45.0 Å². The van der Waals surface area contributed by atoms with E-state index in [0.29, 0.717) is 21.8 Å². The molecule has 0 aliphatic heterocycles. The second kappa shape index (κ2) is 5.51. The van der Waals surface area contributed by atoms with Crippen LogP contribution in [0.1, 0.15) is 17.0 Å². The van der Waals surface area contributed by atoms with Crippen LogP contribution >= 0.6 is 24.2 Å². The second-order valence-corrected chi connectivity index (χ2v) is 7.92. The summed E-state index contributed by atoms with van der Waals surface area (Å²) in [5, 5.41) is 4.47. The molecule has 0 saturated heterocycles. The third kappa shape index (κ3) is 2.43. The van der Waals surface area contributed by atoms with Crippen LogP contribution in [0.4, 0.5) is 0 Å². The molecule has 0 radical (unpaired) electrons. The Morgan fingerprint density at radius 1 is 1.13 bits per heavy atom. The first-order valence-electron chi connectivity index (χ1n) is 6.80. The minimum absolute atomic E-state index is 0.0742. The molecule has 0 spiro atoms. The highest BCUT2D eigenvalue weighted by Gasteiger charge is 2.29. The van der Waals surface area contributed by atoms with Gasteiger partial charge in [-0.15, -0.1) is 12.6 Å². The Labute approximate surface area is 144 Å². The summed E-state index contributed by atoms with van der Waals surface area (Å²) in [5.41, 5.74) is 1.78. The van der Waals surface area contributed by atoms with E-state index in [1.807, 2.05) is 0 Å². The number of halogens is 1. The van der Waals surface area contributed by atoms with Crippen LogP contribution in [-0.2, 0) is 9.84 Å². The molecule has 2 aromatic heterocycles. The van der Waals surface area contributed by atoms with Crippen molar-refractivity contribution >= 4 is 39.7 Å².